The second-order valence-electron chi connectivity index (χ2n) is 6.75. The molecule has 21 heavy (non-hydrogen) atoms. The molecule has 5 nitrogen and oxygen atoms in total. The molecule has 0 aromatic carbocycles. The molecule has 0 unspecified atom stereocenters. The molecule has 122 valence electrons. The smallest absolute Gasteiger partial charge is 0.308 e. The van der Waals surface area contributed by atoms with Gasteiger partial charge in [-0.25, -0.2) is 0 Å². The van der Waals surface area contributed by atoms with E-state index in [4.69, 9.17) is 4.74 Å². The Hall–Kier alpha value is -0.650. The van der Waals surface area contributed by atoms with Gasteiger partial charge < -0.3 is 20.3 Å². The summed E-state index contributed by atoms with van der Waals surface area (Å²) in [6.45, 7) is 2.87. The molecule has 0 aromatic rings. The van der Waals surface area contributed by atoms with Crippen LogP contribution < -0.4 is 5.32 Å². The number of ether oxygens (including phenoxy) is 1. The predicted octanol–water partition coefficient (Wildman–Crippen LogP) is 1.37. The maximum Gasteiger partial charge on any atom is 0.308 e. The maximum atomic E-state index is 11.7. The van der Waals surface area contributed by atoms with Gasteiger partial charge in [0.15, 0.2) is 0 Å². The Bertz CT molecular complexity index is 344. The van der Waals surface area contributed by atoms with Gasteiger partial charge in [-0.15, -0.1) is 0 Å². The van der Waals surface area contributed by atoms with Crippen molar-refractivity contribution >= 4 is 5.97 Å². The van der Waals surface area contributed by atoms with Gasteiger partial charge in [0.1, 0.15) is 0 Å². The van der Waals surface area contributed by atoms with Crippen LogP contribution >= 0.6 is 0 Å². The van der Waals surface area contributed by atoms with Crippen LogP contribution in [-0.2, 0) is 9.53 Å². The molecule has 2 rings (SSSR count). The zero-order valence-electron chi connectivity index (χ0n) is 13.1. The summed E-state index contributed by atoms with van der Waals surface area (Å²) < 4.78 is 5.05. The average molecular weight is 299 g/mol. The van der Waals surface area contributed by atoms with Crippen LogP contribution in [0.15, 0.2) is 0 Å². The zero-order chi connectivity index (χ0) is 15.3. The number of esters is 1. The summed E-state index contributed by atoms with van der Waals surface area (Å²) in [7, 11) is 0. The van der Waals surface area contributed by atoms with Gasteiger partial charge in [0.25, 0.3) is 0 Å². The Morgan fingerprint density at radius 3 is 2.38 bits per heavy atom. The molecule has 0 aliphatic heterocycles. The minimum absolute atomic E-state index is 0.0662. The van der Waals surface area contributed by atoms with Gasteiger partial charge in [-0.2, -0.15) is 0 Å². The van der Waals surface area contributed by atoms with Crippen LogP contribution in [-0.4, -0.2) is 47.1 Å². The van der Waals surface area contributed by atoms with E-state index in [0.717, 1.165) is 25.7 Å². The highest BCUT2D eigenvalue weighted by molar-refractivity contribution is 5.72. The number of β-amino-alcohol motifs (C(OH)–C–C–N with tert-alkyl or cyclic N) is 1. The SMILES string of the molecule is CCOC(=O)C1CCC(O)(CNC2(CO)CCCC2)CC1. The molecule has 0 saturated heterocycles. The lowest BCUT2D eigenvalue weighted by Crippen LogP contribution is -2.54. The number of carbonyl (C=O) groups excluding carboxylic acids is 1. The van der Waals surface area contributed by atoms with Crippen molar-refractivity contribution in [3.8, 4) is 0 Å². The lowest BCUT2D eigenvalue weighted by atomic mass is 9.78. The quantitative estimate of drug-likeness (QED) is 0.646. The number of hydrogen-bond acceptors (Lipinski definition) is 5. The Morgan fingerprint density at radius 2 is 1.86 bits per heavy atom. The van der Waals surface area contributed by atoms with E-state index in [1.807, 2.05) is 6.92 Å². The van der Waals surface area contributed by atoms with Gasteiger partial charge in [0, 0.05) is 12.1 Å². The van der Waals surface area contributed by atoms with Crippen LogP contribution in [0.2, 0.25) is 0 Å². The van der Waals surface area contributed by atoms with Gasteiger partial charge in [0.2, 0.25) is 0 Å². The lowest BCUT2D eigenvalue weighted by molar-refractivity contribution is -0.151. The summed E-state index contributed by atoms with van der Waals surface area (Å²) in [5.74, 6) is -0.196. The molecule has 5 heteroatoms. The van der Waals surface area contributed by atoms with Crippen LogP contribution in [0.25, 0.3) is 0 Å². The number of nitrogens with one attached hydrogen (secondary N) is 1. The summed E-state index contributed by atoms with van der Waals surface area (Å²) in [6.07, 6.45) is 6.83. The third kappa shape index (κ3) is 4.18. The zero-order valence-corrected chi connectivity index (χ0v) is 13.1. The van der Waals surface area contributed by atoms with E-state index in [9.17, 15) is 15.0 Å². The first kappa shape index (κ1) is 16.7. The Kier molecular flexibility index (Phi) is 5.63. The molecule has 0 amide bonds. The lowest BCUT2D eigenvalue weighted by Gasteiger charge is -2.38. The van der Waals surface area contributed by atoms with Gasteiger partial charge in [0.05, 0.1) is 24.7 Å². The fourth-order valence-electron chi connectivity index (χ4n) is 3.62. The molecule has 2 saturated carbocycles. The second kappa shape index (κ2) is 7.07. The van der Waals surface area contributed by atoms with Crippen molar-refractivity contribution in [2.45, 2.75) is 69.4 Å². The minimum Gasteiger partial charge on any atom is -0.466 e. The highest BCUT2D eigenvalue weighted by Crippen LogP contribution is 2.34. The number of aliphatic hydroxyl groups is 2. The highest BCUT2D eigenvalue weighted by Gasteiger charge is 2.39. The molecular formula is C16H29NO4. The average Bonchev–Trinajstić information content (AvgIpc) is 2.96. The summed E-state index contributed by atoms with van der Waals surface area (Å²) in [4.78, 5) is 11.7. The maximum absolute atomic E-state index is 11.7. The number of aliphatic hydroxyl groups excluding tert-OH is 1. The van der Waals surface area contributed by atoms with E-state index < -0.39 is 5.60 Å². The molecule has 0 bridgehead atoms. The third-order valence-corrected chi connectivity index (χ3v) is 5.19. The molecule has 0 heterocycles. The Balaban J connectivity index is 1.80. The van der Waals surface area contributed by atoms with Crippen LogP contribution in [0.5, 0.6) is 0 Å². The van der Waals surface area contributed by atoms with E-state index in [1.54, 1.807) is 0 Å². The van der Waals surface area contributed by atoms with Crippen molar-refractivity contribution in [1.82, 2.24) is 5.32 Å². The van der Waals surface area contributed by atoms with Gasteiger partial charge in [-0.05, 0) is 45.4 Å². The molecule has 3 N–H and O–H groups in total. The second-order valence-corrected chi connectivity index (χ2v) is 6.75. The third-order valence-electron chi connectivity index (χ3n) is 5.19. The standard InChI is InChI=1S/C16H29NO4/c1-2-21-14(19)13-5-9-16(20,10-6-13)11-17-15(12-18)7-3-4-8-15/h13,17-18,20H,2-12H2,1H3. The largest absolute Gasteiger partial charge is 0.466 e. The van der Waals surface area contributed by atoms with Gasteiger partial charge in [-0.1, -0.05) is 12.8 Å². The van der Waals surface area contributed by atoms with Crippen molar-refractivity contribution in [2.75, 3.05) is 19.8 Å². The van der Waals surface area contributed by atoms with Crippen LogP contribution in [0.4, 0.5) is 0 Å². The summed E-state index contributed by atoms with van der Waals surface area (Å²) in [5, 5.41) is 23.7. The summed E-state index contributed by atoms with van der Waals surface area (Å²) in [6, 6.07) is 0. The van der Waals surface area contributed by atoms with Gasteiger partial charge >= 0.3 is 5.97 Å². The van der Waals surface area contributed by atoms with Crippen molar-refractivity contribution < 1.29 is 19.7 Å². The van der Waals surface area contributed by atoms with E-state index in [-0.39, 0.29) is 24.0 Å². The van der Waals surface area contributed by atoms with Crippen LogP contribution in [0.1, 0.15) is 58.3 Å². The van der Waals surface area contributed by atoms with E-state index in [0.29, 0.717) is 38.8 Å². The summed E-state index contributed by atoms with van der Waals surface area (Å²) in [5.41, 5.74) is -0.957. The monoisotopic (exact) mass is 299 g/mol. The first-order valence-electron chi connectivity index (χ1n) is 8.27. The van der Waals surface area contributed by atoms with E-state index >= 15 is 0 Å². The highest BCUT2D eigenvalue weighted by atomic mass is 16.5. The predicted molar refractivity (Wildman–Crippen MR) is 79.8 cm³/mol. The molecular weight excluding hydrogens is 270 g/mol. The first-order chi connectivity index (χ1) is 10.0. The number of carbonyl (C=O) groups is 1. The molecule has 2 aliphatic rings. The van der Waals surface area contributed by atoms with Crippen molar-refractivity contribution in [2.24, 2.45) is 5.92 Å². The van der Waals surface area contributed by atoms with E-state index in [1.165, 1.54) is 0 Å². The van der Waals surface area contributed by atoms with Crippen molar-refractivity contribution in [3.63, 3.8) is 0 Å². The topological polar surface area (TPSA) is 78.8 Å². The summed E-state index contributed by atoms with van der Waals surface area (Å²) >= 11 is 0. The molecule has 0 atom stereocenters. The normalized spacial score (nSPS) is 32.0. The molecule has 0 aromatic heterocycles. The first-order valence-corrected chi connectivity index (χ1v) is 8.27. The van der Waals surface area contributed by atoms with E-state index in [2.05, 4.69) is 5.32 Å². The van der Waals surface area contributed by atoms with Crippen molar-refractivity contribution in [3.05, 3.63) is 0 Å². The molecule has 2 aliphatic carbocycles. The van der Waals surface area contributed by atoms with Crippen molar-refractivity contribution in [1.29, 1.82) is 0 Å². The van der Waals surface area contributed by atoms with Crippen LogP contribution in [0, 0.1) is 5.92 Å². The minimum atomic E-state index is -0.756. The molecule has 2 fully saturated rings. The fourth-order valence-corrected chi connectivity index (χ4v) is 3.62. The fraction of sp³-hybridized carbons (Fsp3) is 0.938. The Labute approximate surface area is 127 Å². The van der Waals surface area contributed by atoms with Crippen LogP contribution in [0.3, 0.4) is 0 Å². The molecule has 0 spiro atoms. The van der Waals surface area contributed by atoms with Gasteiger partial charge in [-0.3, -0.25) is 4.79 Å². The number of rotatable bonds is 6. The molecule has 0 radical (unpaired) electrons. The number of hydrogen-bond donors (Lipinski definition) is 3. The Morgan fingerprint density at radius 1 is 1.24 bits per heavy atom.